The summed E-state index contributed by atoms with van der Waals surface area (Å²) < 4.78 is 39.3. The van der Waals surface area contributed by atoms with Crippen molar-refractivity contribution < 1.29 is 13.2 Å². The van der Waals surface area contributed by atoms with Gasteiger partial charge >= 0.3 is 6.18 Å². The van der Waals surface area contributed by atoms with Crippen LogP contribution in [0, 0.1) is 5.92 Å². The molecule has 0 aromatic carbocycles. The van der Waals surface area contributed by atoms with Gasteiger partial charge in [0.1, 0.15) is 0 Å². The topological polar surface area (TPSA) is 24.9 Å². The molecule has 120 valence electrons. The third-order valence-electron chi connectivity index (χ3n) is 4.29. The van der Waals surface area contributed by atoms with Gasteiger partial charge in [-0.15, -0.1) is 11.3 Å². The van der Waals surface area contributed by atoms with Gasteiger partial charge in [0.15, 0.2) is 5.69 Å². The number of nitrogens with one attached hydrogen (secondary N) is 1. The Bertz CT molecular complexity index is 448. The van der Waals surface area contributed by atoms with Crippen molar-refractivity contribution in [3.63, 3.8) is 0 Å². The van der Waals surface area contributed by atoms with Crippen LogP contribution in [-0.4, -0.2) is 11.5 Å². The molecule has 2 nitrogen and oxygen atoms in total. The fraction of sp³-hybridized carbons (Fsp3) is 0.800. The van der Waals surface area contributed by atoms with Gasteiger partial charge in [-0.25, -0.2) is 4.98 Å². The average molecular weight is 320 g/mol. The Morgan fingerprint density at radius 1 is 1.19 bits per heavy atom. The number of hydrogen-bond donors (Lipinski definition) is 1. The molecule has 1 aliphatic rings. The Morgan fingerprint density at radius 3 is 2.38 bits per heavy atom. The third-order valence-corrected chi connectivity index (χ3v) is 5.51. The van der Waals surface area contributed by atoms with E-state index < -0.39 is 11.9 Å². The Morgan fingerprint density at radius 2 is 1.86 bits per heavy atom. The molecular formula is C15H23F3N2S. The van der Waals surface area contributed by atoms with Gasteiger partial charge in [0.25, 0.3) is 0 Å². The lowest BCUT2D eigenvalue weighted by Crippen LogP contribution is -2.16. The molecule has 6 heteroatoms. The molecule has 1 heterocycles. The summed E-state index contributed by atoms with van der Waals surface area (Å²) in [6, 6.07) is 0. The minimum Gasteiger partial charge on any atom is -0.312 e. The molecule has 1 aromatic heterocycles. The van der Waals surface area contributed by atoms with Gasteiger partial charge in [-0.05, 0) is 38.1 Å². The predicted octanol–water partition coefficient (Wildman–Crippen LogP) is 4.96. The van der Waals surface area contributed by atoms with Gasteiger partial charge in [0.2, 0.25) is 0 Å². The molecule has 21 heavy (non-hydrogen) atoms. The fourth-order valence-corrected chi connectivity index (χ4v) is 4.17. The number of thiazole rings is 1. The van der Waals surface area contributed by atoms with Crippen LogP contribution in [0.2, 0.25) is 0 Å². The molecule has 0 aliphatic heterocycles. The van der Waals surface area contributed by atoms with Crippen LogP contribution in [-0.2, 0) is 12.7 Å². The van der Waals surface area contributed by atoms with E-state index in [1.165, 1.54) is 17.8 Å². The summed E-state index contributed by atoms with van der Waals surface area (Å²) in [4.78, 5) is 4.29. The summed E-state index contributed by atoms with van der Waals surface area (Å²) in [6.07, 6.45) is 1.01. The van der Waals surface area contributed by atoms with Gasteiger partial charge in [-0.3, -0.25) is 0 Å². The minimum absolute atomic E-state index is 0.217. The molecule has 2 rings (SSSR count). The van der Waals surface area contributed by atoms with E-state index in [1.54, 1.807) is 0 Å². The van der Waals surface area contributed by atoms with Gasteiger partial charge in [0.05, 0.1) is 9.88 Å². The van der Waals surface area contributed by atoms with Crippen LogP contribution in [0.15, 0.2) is 0 Å². The van der Waals surface area contributed by atoms with E-state index in [0.717, 1.165) is 31.6 Å². The van der Waals surface area contributed by atoms with Crippen molar-refractivity contribution in [3.8, 4) is 0 Å². The van der Waals surface area contributed by atoms with Crippen molar-refractivity contribution in [1.82, 2.24) is 10.3 Å². The SMILES string of the molecule is CCNCc1sc(C2CCC(CC)CC2)nc1C(F)(F)F. The zero-order valence-electron chi connectivity index (χ0n) is 12.6. The molecule has 0 atom stereocenters. The first-order valence-electron chi connectivity index (χ1n) is 7.73. The van der Waals surface area contributed by atoms with E-state index in [-0.39, 0.29) is 12.5 Å². The highest BCUT2D eigenvalue weighted by Crippen LogP contribution is 2.42. The second kappa shape index (κ2) is 7.09. The summed E-state index contributed by atoms with van der Waals surface area (Å²) in [5.41, 5.74) is -0.680. The van der Waals surface area contributed by atoms with Crippen molar-refractivity contribution in [2.45, 2.75) is 64.6 Å². The van der Waals surface area contributed by atoms with E-state index in [9.17, 15) is 13.2 Å². The zero-order valence-corrected chi connectivity index (χ0v) is 13.4. The number of hydrogen-bond acceptors (Lipinski definition) is 3. The molecule has 1 fully saturated rings. The van der Waals surface area contributed by atoms with Crippen LogP contribution in [0.1, 0.15) is 67.4 Å². The van der Waals surface area contributed by atoms with Crippen LogP contribution in [0.4, 0.5) is 13.2 Å². The summed E-state index contributed by atoms with van der Waals surface area (Å²) >= 11 is 1.25. The molecule has 0 spiro atoms. The summed E-state index contributed by atoms with van der Waals surface area (Å²) in [6.45, 7) is 4.99. The number of nitrogens with zero attached hydrogens (tertiary/aromatic N) is 1. The fourth-order valence-electron chi connectivity index (χ4n) is 2.94. The maximum atomic E-state index is 13.1. The molecular weight excluding hydrogens is 297 g/mol. The van der Waals surface area contributed by atoms with E-state index in [1.807, 2.05) is 6.92 Å². The van der Waals surface area contributed by atoms with Crippen LogP contribution in [0.3, 0.4) is 0 Å². The second-order valence-electron chi connectivity index (χ2n) is 5.73. The first-order chi connectivity index (χ1) is 9.95. The number of alkyl halides is 3. The smallest absolute Gasteiger partial charge is 0.312 e. The highest BCUT2D eigenvalue weighted by molar-refractivity contribution is 7.11. The Kier molecular flexibility index (Phi) is 5.66. The van der Waals surface area contributed by atoms with Gasteiger partial charge < -0.3 is 5.32 Å². The molecule has 0 amide bonds. The van der Waals surface area contributed by atoms with Gasteiger partial charge in [-0.2, -0.15) is 13.2 Å². The van der Waals surface area contributed by atoms with Crippen molar-refractivity contribution in [2.24, 2.45) is 5.92 Å². The lowest BCUT2D eigenvalue weighted by Gasteiger charge is -2.26. The molecule has 0 unspecified atom stereocenters. The lowest BCUT2D eigenvalue weighted by atomic mass is 9.81. The average Bonchev–Trinajstić information content (AvgIpc) is 2.89. The Hall–Kier alpha value is -0.620. The van der Waals surface area contributed by atoms with E-state index in [0.29, 0.717) is 16.4 Å². The van der Waals surface area contributed by atoms with Crippen molar-refractivity contribution in [2.75, 3.05) is 6.54 Å². The summed E-state index contributed by atoms with van der Waals surface area (Å²) in [5, 5.41) is 3.66. The first-order valence-corrected chi connectivity index (χ1v) is 8.54. The number of rotatable bonds is 5. The standard InChI is InChI=1S/C15H23F3N2S/c1-3-10-5-7-11(8-6-10)14-20-13(15(16,17)18)12(21-14)9-19-4-2/h10-11,19H,3-9H2,1-2H3. The van der Waals surface area contributed by atoms with Crippen LogP contribution in [0.5, 0.6) is 0 Å². The van der Waals surface area contributed by atoms with Crippen LogP contribution in [0.25, 0.3) is 0 Å². The quantitative estimate of drug-likeness (QED) is 0.830. The van der Waals surface area contributed by atoms with Crippen molar-refractivity contribution in [3.05, 3.63) is 15.6 Å². The molecule has 0 radical (unpaired) electrons. The van der Waals surface area contributed by atoms with Crippen LogP contribution >= 0.6 is 11.3 Å². The van der Waals surface area contributed by atoms with Crippen molar-refractivity contribution >= 4 is 11.3 Å². The first kappa shape index (κ1) is 16.7. The van der Waals surface area contributed by atoms with E-state index >= 15 is 0 Å². The van der Waals surface area contributed by atoms with Gasteiger partial charge in [-0.1, -0.05) is 20.3 Å². The molecule has 1 saturated carbocycles. The lowest BCUT2D eigenvalue weighted by molar-refractivity contribution is -0.141. The number of halogens is 3. The minimum atomic E-state index is -4.35. The van der Waals surface area contributed by atoms with Crippen LogP contribution < -0.4 is 5.32 Å². The van der Waals surface area contributed by atoms with E-state index in [2.05, 4.69) is 17.2 Å². The zero-order chi connectivity index (χ0) is 15.5. The number of aromatic nitrogens is 1. The van der Waals surface area contributed by atoms with E-state index in [4.69, 9.17) is 0 Å². The molecule has 1 N–H and O–H groups in total. The second-order valence-corrected chi connectivity index (χ2v) is 6.84. The third kappa shape index (κ3) is 4.19. The highest BCUT2D eigenvalue weighted by Gasteiger charge is 2.38. The Labute approximate surface area is 128 Å². The summed E-state index contributed by atoms with van der Waals surface area (Å²) in [5.74, 6) is 0.957. The van der Waals surface area contributed by atoms with Crippen molar-refractivity contribution in [1.29, 1.82) is 0 Å². The monoisotopic (exact) mass is 320 g/mol. The largest absolute Gasteiger partial charge is 0.434 e. The highest BCUT2D eigenvalue weighted by atomic mass is 32.1. The predicted molar refractivity (Wildman–Crippen MR) is 79.5 cm³/mol. The molecule has 0 bridgehead atoms. The summed E-state index contributed by atoms with van der Waals surface area (Å²) in [7, 11) is 0. The Balaban J connectivity index is 2.15. The maximum Gasteiger partial charge on any atom is 0.434 e. The normalized spacial score (nSPS) is 23.5. The van der Waals surface area contributed by atoms with Gasteiger partial charge in [0, 0.05) is 12.5 Å². The molecule has 0 saturated heterocycles. The molecule has 1 aromatic rings. The maximum absolute atomic E-state index is 13.1. The molecule has 1 aliphatic carbocycles.